The fraction of sp³-hybridized carbons (Fsp3) is 0.562. The molecule has 0 amide bonds. The third-order valence-electron chi connectivity index (χ3n) is 3.64. The first-order valence-electron chi connectivity index (χ1n) is 7.02. The van der Waals surface area contributed by atoms with Crippen LogP contribution in [0.1, 0.15) is 37.7 Å². The number of rotatable bonds is 3. The van der Waals surface area contributed by atoms with Gasteiger partial charge in [-0.15, -0.1) is 12.4 Å². The van der Waals surface area contributed by atoms with Crippen LogP contribution in [-0.4, -0.2) is 30.5 Å². The van der Waals surface area contributed by atoms with Gasteiger partial charge in [0.15, 0.2) is 0 Å². The summed E-state index contributed by atoms with van der Waals surface area (Å²) in [5.41, 5.74) is 2.82. The molecule has 1 aromatic rings. The van der Waals surface area contributed by atoms with Crippen LogP contribution in [0.25, 0.3) is 5.57 Å². The Morgan fingerprint density at radius 1 is 1.26 bits per heavy atom. The van der Waals surface area contributed by atoms with E-state index < -0.39 is 0 Å². The monoisotopic (exact) mass is 280 g/mol. The van der Waals surface area contributed by atoms with Crippen LogP contribution in [0.15, 0.2) is 30.6 Å². The van der Waals surface area contributed by atoms with Gasteiger partial charge in [0.2, 0.25) is 0 Å². The summed E-state index contributed by atoms with van der Waals surface area (Å²) in [6.45, 7) is 1.14. The molecule has 1 atom stereocenters. The van der Waals surface area contributed by atoms with Crippen LogP contribution in [0.4, 0.5) is 0 Å². The number of pyridine rings is 1. The maximum Gasteiger partial charge on any atom is 0.0343 e. The van der Waals surface area contributed by atoms with Crippen molar-refractivity contribution >= 4 is 18.0 Å². The average molecular weight is 281 g/mol. The summed E-state index contributed by atoms with van der Waals surface area (Å²) in [4.78, 5) is 6.58. The number of halogens is 1. The SMILES string of the molecule is CN(C)CC1CCCCC/C=C\1c1cccnc1.Cl. The van der Waals surface area contributed by atoms with Gasteiger partial charge >= 0.3 is 0 Å². The standard InChI is InChI=1S/C16H24N2.ClH/c1-18(2)13-15-8-5-3-4-6-10-16(15)14-9-7-11-17-12-14;/h7,9-12,15H,3-6,8,13H2,1-2H3;1H/b16-10-;. The van der Waals surface area contributed by atoms with Crippen molar-refractivity contribution in [3.63, 3.8) is 0 Å². The molecule has 0 aliphatic heterocycles. The molecule has 2 rings (SSSR count). The maximum absolute atomic E-state index is 4.27. The van der Waals surface area contributed by atoms with Gasteiger partial charge in [0.25, 0.3) is 0 Å². The first kappa shape index (κ1) is 16.2. The topological polar surface area (TPSA) is 16.1 Å². The number of hydrogen-bond donors (Lipinski definition) is 0. The van der Waals surface area contributed by atoms with Crippen LogP contribution in [0.3, 0.4) is 0 Å². The Kier molecular flexibility index (Phi) is 7.11. The van der Waals surface area contributed by atoms with E-state index in [0.29, 0.717) is 5.92 Å². The largest absolute Gasteiger partial charge is 0.309 e. The van der Waals surface area contributed by atoms with E-state index >= 15 is 0 Å². The molecule has 0 aromatic carbocycles. The van der Waals surface area contributed by atoms with E-state index in [2.05, 4.69) is 36.1 Å². The lowest BCUT2D eigenvalue weighted by atomic mass is 9.85. The summed E-state index contributed by atoms with van der Waals surface area (Å²) in [5, 5.41) is 0. The Bertz CT molecular complexity index is 387. The molecule has 1 unspecified atom stereocenters. The maximum atomic E-state index is 4.27. The van der Waals surface area contributed by atoms with Gasteiger partial charge in [0.05, 0.1) is 0 Å². The number of aromatic nitrogens is 1. The van der Waals surface area contributed by atoms with Crippen LogP contribution in [0.5, 0.6) is 0 Å². The minimum atomic E-state index is 0. The fourth-order valence-electron chi connectivity index (χ4n) is 2.81. The lowest BCUT2D eigenvalue weighted by Gasteiger charge is -2.25. The van der Waals surface area contributed by atoms with Crippen molar-refractivity contribution in [2.24, 2.45) is 5.92 Å². The van der Waals surface area contributed by atoms with E-state index in [9.17, 15) is 0 Å². The minimum Gasteiger partial charge on any atom is -0.309 e. The minimum absolute atomic E-state index is 0. The van der Waals surface area contributed by atoms with Crippen LogP contribution in [0.2, 0.25) is 0 Å². The quantitative estimate of drug-likeness (QED) is 0.831. The number of hydrogen-bond acceptors (Lipinski definition) is 2. The first-order valence-corrected chi connectivity index (χ1v) is 7.02. The normalized spacial score (nSPS) is 22.9. The van der Waals surface area contributed by atoms with Crippen molar-refractivity contribution in [3.8, 4) is 0 Å². The number of allylic oxidation sites excluding steroid dienone is 1. The van der Waals surface area contributed by atoms with Gasteiger partial charge in [0.1, 0.15) is 0 Å². The molecule has 0 N–H and O–H groups in total. The fourth-order valence-corrected chi connectivity index (χ4v) is 2.81. The molecule has 19 heavy (non-hydrogen) atoms. The van der Waals surface area contributed by atoms with Crippen LogP contribution in [-0.2, 0) is 0 Å². The van der Waals surface area contributed by atoms with Gasteiger partial charge in [-0.1, -0.05) is 25.0 Å². The van der Waals surface area contributed by atoms with Crippen LogP contribution in [0, 0.1) is 5.92 Å². The Labute approximate surface area is 123 Å². The number of nitrogens with zero attached hydrogens (tertiary/aromatic N) is 2. The van der Waals surface area contributed by atoms with Gasteiger partial charge in [-0.2, -0.15) is 0 Å². The van der Waals surface area contributed by atoms with Gasteiger partial charge in [-0.25, -0.2) is 0 Å². The third-order valence-corrected chi connectivity index (χ3v) is 3.64. The van der Waals surface area contributed by atoms with E-state index in [1.165, 1.54) is 43.2 Å². The molecular weight excluding hydrogens is 256 g/mol. The Morgan fingerprint density at radius 3 is 2.79 bits per heavy atom. The van der Waals surface area contributed by atoms with Crippen LogP contribution >= 0.6 is 12.4 Å². The molecule has 0 saturated carbocycles. The van der Waals surface area contributed by atoms with Crippen molar-refractivity contribution in [2.45, 2.75) is 32.1 Å². The molecule has 1 aromatic heterocycles. The summed E-state index contributed by atoms with van der Waals surface area (Å²) in [7, 11) is 4.33. The van der Waals surface area contributed by atoms with Crippen molar-refractivity contribution in [3.05, 3.63) is 36.2 Å². The van der Waals surface area contributed by atoms with E-state index in [4.69, 9.17) is 0 Å². The van der Waals surface area contributed by atoms with E-state index in [1.54, 1.807) is 0 Å². The zero-order chi connectivity index (χ0) is 12.8. The molecule has 1 aliphatic carbocycles. The highest BCUT2D eigenvalue weighted by atomic mass is 35.5. The summed E-state index contributed by atoms with van der Waals surface area (Å²) in [6, 6.07) is 4.24. The predicted molar refractivity (Wildman–Crippen MR) is 84.6 cm³/mol. The third kappa shape index (κ3) is 4.96. The van der Waals surface area contributed by atoms with Gasteiger partial charge < -0.3 is 4.90 Å². The zero-order valence-electron chi connectivity index (χ0n) is 12.0. The van der Waals surface area contributed by atoms with Gasteiger partial charge in [-0.05, 0) is 56.5 Å². The molecule has 1 heterocycles. The summed E-state index contributed by atoms with van der Waals surface area (Å²) in [6.07, 6.45) is 12.9. The molecule has 0 saturated heterocycles. The van der Waals surface area contributed by atoms with Crippen molar-refractivity contribution in [1.82, 2.24) is 9.88 Å². The Balaban J connectivity index is 0.00000180. The molecule has 1 aliphatic rings. The zero-order valence-corrected chi connectivity index (χ0v) is 12.8. The molecule has 3 heteroatoms. The molecule has 0 spiro atoms. The second-order valence-corrected chi connectivity index (χ2v) is 5.50. The van der Waals surface area contributed by atoms with Gasteiger partial charge in [-0.3, -0.25) is 4.98 Å². The molecular formula is C16H25ClN2. The first-order chi connectivity index (χ1) is 8.77. The lowest BCUT2D eigenvalue weighted by molar-refractivity contribution is 0.346. The molecule has 0 fully saturated rings. The van der Waals surface area contributed by atoms with Crippen molar-refractivity contribution < 1.29 is 0 Å². The Morgan fingerprint density at radius 2 is 2.11 bits per heavy atom. The van der Waals surface area contributed by atoms with E-state index in [1.807, 2.05) is 18.5 Å². The second-order valence-electron chi connectivity index (χ2n) is 5.50. The highest BCUT2D eigenvalue weighted by Gasteiger charge is 2.18. The summed E-state index contributed by atoms with van der Waals surface area (Å²) >= 11 is 0. The smallest absolute Gasteiger partial charge is 0.0343 e. The lowest BCUT2D eigenvalue weighted by Crippen LogP contribution is -2.23. The molecule has 0 radical (unpaired) electrons. The summed E-state index contributed by atoms with van der Waals surface area (Å²) < 4.78 is 0. The van der Waals surface area contributed by atoms with Gasteiger partial charge in [0, 0.05) is 18.9 Å². The average Bonchev–Trinajstić information content (AvgIpc) is 2.34. The van der Waals surface area contributed by atoms with E-state index in [-0.39, 0.29) is 12.4 Å². The Hall–Kier alpha value is -0.860. The highest BCUT2D eigenvalue weighted by Crippen LogP contribution is 2.30. The molecule has 0 bridgehead atoms. The second kappa shape index (κ2) is 8.34. The summed E-state index contributed by atoms with van der Waals surface area (Å²) in [5.74, 6) is 0.657. The molecule has 2 nitrogen and oxygen atoms in total. The predicted octanol–water partition coefficient (Wildman–Crippen LogP) is 4.03. The highest BCUT2D eigenvalue weighted by molar-refractivity contribution is 5.85. The van der Waals surface area contributed by atoms with Crippen LogP contribution < -0.4 is 0 Å². The van der Waals surface area contributed by atoms with Crippen molar-refractivity contribution in [2.75, 3.05) is 20.6 Å². The van der Waals surface area contributed by atoms with E-state index in [0.717, 1.165) is 6.54 Å². The molecule has 106 valence electrons. The van der Waals surface area contributed by atoms with Crippen molar-refractivity contribution in [1.29, 1.82) is 0 Å².